The molecule has 0 bridgehead atoms. The lowest BCUT2D eigenvalue weighted by Gasteiger charge is -2.42. The molecule has 0 saturated carbocycles. The van der Waals surface area contributed by atoms with Crippen LogP contribution in [0, 0.1) is 0 Å². The van der Waals surface area contributed by atoms with Gasteiger partial charge in [-0.05, 0) is 43.4 Å². The van der Waals surface area contributed by atoms with Crippen LogP contribution in [0.4, 0.5) is 11.4 Å². The van der Waals surface area contributed by atoms with E-state index in [9.17, 15) is 0 Å². The quantitative estimate of drug-likeness (QED) is 0.624. The molecule has 28 heavy (non-hydrogen) atoms. The number of hydrazone groups is 1. The molecule has 1 atom stereocenters. The normalized spacial score (nSPS) is 20.9. The van der Waals surface area contributed by atoms with E-state index in [4.69, 9.17) is 12.2 Å². The molecule has 4 rings (SSSR count). The summed E-state index contributed by atoms with van der Waals surface area (Å²) in [5, 5.41) is 5.30. The van der Waals surface area contributed by atoms with Gasteiger partial charge in [0.05, 0.1) is 11.4 Å². The van der Waals surface area contributed by atoms with Gasteiger partial charge in [0.25, 0.3) is 0 Å². The Labute approximate surface area is 171 Å². The summed E-state index contributed by atoms with van der Waals surface area (Å²) in [7, 11) is 2.09. The van der Waals surface area contributed by atoms with Gasteiger partial charge in [0.15, 0.2) is 5.11 Å². The molecule has 1 unspecified atom stereocenters. The third-order valence-corrected chi connectivity index (χ3v) is 5.79. The van der Waals surface area contributed by atoms with Crippen LogP contribution in [0.1, 0.15) is 19.0 Å². The van der Waals surface area contributed by atoms with E-state index in [0.29, 0.717) is 11.2 Å². The Morgan fingerprint density at radius 2 is 1.96 bits per heavy atom. The first-order chi connectivity index (χ1) is 13.6. The van der Waals surface area contributed by atoms with Crippen molar-refractivity contribution < 1.29 is 0 Å². The molecule has 6 nitrogen and oxygen atoms in total. The summed E-state index contributed by atoms with van der Waals surface area (Å²) in [4.78, 5) is 11.4. The Bertz CT molecular complexity index is 868. The van der Waals surface area contributed by atoms with Crippen molar-refractivity contribution in [2.24, 2.45) is 5.10 Å². The first-order valence-corrected chi connectivity index (χ1v) is 10.1. The summed E-state index contributed by atoms with van der Waals surface area (Å²) >= 11 is 5.63. The van der Waals surface area contributed by atoms with Crippen molar-refractivity contribution in [2.75, 3.05) is 43.0 Å². The molecule has 1 aromatic carbocycles. The summed E-state index contributed by atoms with van der Waals surface area (Å²) in [6.07, 6.45) is 2.67. The number of pyridine rings is 1. The van der Waals surface area contributed by atoms with Crippen molar-refractivity contribution in [3.05, 3.63) is 54.4 Å². The average Bonchev–Trinajstić information content (AvgIpc) is 2.74. The maximum atomic E-state index is 5.63. The molecule has 2 aliphatic rings. The van der Waals surface area contributed by atoms with E-state index < -0.39 is 0 Å². The predicted octanol–water partition coefficient (Wildman–Crippen LogP) is 2.71. The predicted molar refractivity (Wildman–Crippen MR) is 119 cm³/mol. The smallest absolute Gasteiger partial charge is 0.189 e. The Hall–Kier alpha value is -2.67. The SMILES string of the molecule is CC1CN(C(=S)N/N=C2/CCN(C)c3cccnc32)CCN1c1ccccc1. The molecule has 2 aliphatic heterocycles. The van der Waals surface area contributed by atoms with Gasteiger partial charge in [0.2, 0.25) is 0 Å². The lowest BCUT2D eigenvalue weighted by Crippen LogP contribution is -2.55. The second-order valence-electron chi connectivity index (χ2n) is 7.34. The van der Waals surface area contributed by atoms with Crippen LogP contribution in [-0.2, 0) is 0 Å². The van der Waals surface area contributed by atoms with Gasteiger partial charge in [0, 0.05) is 57.6 Å². The third-order valence-electron chi connectivity index (χ3n) is 5.44. The number of benzene rings is 1. The van der Waals surface area contributed by atoms with Crippen molar-refractivity contribution in [2.45, 2.75) is 19.4 Å². The highest BCUT2D eigenvalue weighted by molar-refractivity contribution is 7.80. The minimum atomic E-state index is 0.384. The highest BCUT2D eigenvalue weighted by Crippen LogP contribution is 2.24. The standard InChI is InChI=1S/C21H26N6S/c1-16-15-26(13-14-27(16)17-7-4-3-5-8-17)21(28)24-23-18-10-12-25(2)19-9-6-11-22-20(18)19/h3-9,11,16H,10,12-15H2,1-2H3,(H,24,28)/b23-18-. The molecule has 0 aliphatic carbocycles. The maximum absolute atomic E-state index is 5.63. The van der Waals surface area contributed by atoms with Crippen LogP contribution in [0.2, 0.25) is 0 Å². The minimum absolute atomic E-state index is 0.384. The zero-order valence-electron chi connectivity index (χ0n) is 16.4. The van der Waals surface area contributed by atoms with Gasteiger partial charge in [0.1, 0.15) is 5.69 Å². The zero-order chi connectivity index (χ0) is 19.5. The van der Waals surface area contributed by atoms with Crippen molar-refractivity contribution in [3.8, 4) is 0 Å². The maximum Gasteiger partial charge on any atom is 0.189 e. The summed E-state index contributed by atoms with van der Waals surface area (Å²) in [6.45, 7) is 5.87. The number of piperazine rings is 1. The second-order valence-corrected chi connectivity index (χ2v) is 7.73. The molecule has 0 radical (unpaired) electrons. The van der Waals surface area contributed by atoms with Gasteiger partial charge >= 0.3 is 0 Å². The van der Waals surface area contributed by atoms with E-state index >= 15 is 0 Å². The summed E-state index contributed by atoms with van der Waals surface area (Å²) in [6, 6.07) is 15.0. The van der Waals surface area contributed by atoms with Crippen LogP contribution in [0.25, 0.3) is 0 Å². The lowest BCUT2D eigenvalue weighted by molar-refractivity contribution is 0.334. The highest BCUT2D eigenvalue weighted by Gasteiger charge is 2.26. The van der Waals surface area contributed by atoms with Gasteiger partial charge in [-0.25, -0.2) is 0 Å². The number of anilines is 2. The van der Waals surface area contributed by atoms with Gasteiger partial charge in [-0.2, -0.15) is 5.10 Å². The van der Waals surface area contributed by atoms with Gasteiger partial charge in [-0.1, -0.05) is 18.2 Å². The number of nitrogens with one attached hydrogen (secondary N) is 1. The lowest BCUT2D eigenvalue weighted by atomic mass is 10.1. The molecule has 1 N–H and O–H groups in total. The molecule has 3 heterocycles. The molecule has 7 heteroatoms. The average molecular weight is 395 g/mol. The van der Waals surface area contributed by atoms with E-state index in [1.807, 2.05) is 12.3 Å². The fourth-order valence-electron chi connectivity index (χ4n) is 3.88. The molecule has 0 spiro atoms. The number of nitrogens with zero attached hydrogens (tertiary/aromatic N) is 5. The van der Waals surface area contributed by atoms with Crippen LogP contribution in [-0.4, -0.2) is 60.0 Å². The van der Waals surface area contributed by atoms with Gasteiger partial charge in [-0.3, -0.25) is 10.4 Å². The first-order valence-electron chi connectivity index (χ1n) is 9.73. The van der Waals surface area contributed by atoms with E-state index in [1.54, 1.807) is 0 Å². The second kappa shape index (κ2) is 8.14. The van der Waals surface area contributed by atoms with Gasteiger partial charge < -0.3 is 14.7 Å². The number of hydrogen-bond acceptors (Lipinski definition) is 5. The molecule has 0 amide bonds. The summed E-state index contributed by atoms with van der Waals surface area (Å²) < 4.78 is 0. The molecular formula is C21H26N6S. The number of aromatic nitrogens is 1. The topological polar surface area (TPSA) is 47.0 Å². The van der Waals surface area contributed by atoms with Crippen LogP contribution in [0.5, 0.6) is 0 Å². The zero-order valence-corrected chi connectivity index (χ0v) is 17.2. The number of thiocarbonyl (C=S) groups is 1. The summed E-state index contributed by atoms with van der Waals surface area (Å²) in [5.41, 5.74) is 7.41. The van der Waals surface area contributed by atoms with Gasteiger partial charge in [-0.15, -0.1) is 0 Å². The largest absolute Gasteiger partial charge is 0.372 e. The van der Waals surface area contributed by atoms with Crippen LogP contribution >= 0.6 is 12.2 Å². The Morgan fingerprint density at radius 3 is 2.75 bits per heavy atom. The minimum Gasteiger partial charge on any atom is -0.372 e. The molecule has 1 saturated heterocycles. The first kappa shape index (κ1) is 18.7. The Kier molecular flexibility index (Phi) is 5.43. The van der Waals surface area contributed by atoms with Crippen molar-refractivity contribution in [1.29, 1.82) is 0 Å². The molecule has 2 aromatic rings. The van der Waals surface area contributed by atoms with Crippen molar-refractivity contribution in [3.63, 3.8) is 0 Å². The monoisotopic (exact) mass is 394 g/mol. The van der Waals surface area contributed by atoms with E-state index in [1.165, 1.54) is 5.69 Å². The molecule has 146 valence electrons. The Balaban J connectivity index is 1.40. The summed E-state index contributed by atoms with van der Waals surface area (Å²) in [5.74, 6) is 0. The molecule has 1 aromatic heterocycles. The fourth-order valence-corrected chi connectivity index (χ4v) is 4.09. The molecular weight excluding hydrogens is 368 g/mol. The van der Waals surface area contributed by atoms with Crippen molar-refractivity contribution >= 4 is 34.4 Å². The van der Waals surface area contributed by atoms with E-state index in [2.05, 4.69) is 80.6 Å². The van der Waals surface area contributed by atoms with Crippen molar-refractivity contribution in [1.82, 2.24) is 15.3 Å². The number of hydrogen-bond donors (Lipinski definition) is 1. The number of fused-ring (bicyclic) bond motifs is 1. The van der Waals surface area contributed by atoms with E-state index in [0.717, 1.165) is 49.7 Å². The number of rotatable bonds is 2. The molecule has 1 fully saturated rings. The van der Waals surface area contributed by atoms with Crippen LogP contribution < -0.4 is 15.2 Å². The third kappa shape index (κ3) is 3.80. The van der Waals surface area contributed by atoms with Crippen LogP contribution in [0.15, 0.2) is 53.8 Å². The Morgan fingerprint density at radius 1 is 1.14 bits per heavy atom. The van der Waals surface area contributed by atoms with E-state index in [-0.39, 0.29) is 0 Å². The number of para-hydroxylation sites is 1. The highest BCUT2D eigenvalue weighted by atomic mass is 32.1. The fraction of sp³-hybridized carbons (Fsp3) is 0.381. The van der Waals surface area contributed by atoms with Crippen LogP contribution in [0.3, 0.4) is 0 Å².